The van der Waals surface area contributed by atoms with Crippen molar-refractivity contribution >= 4 is 10.2 Å². The second kappa shape index (κ2) is 5.36. The van der Waals surface area contributed by atoms with Gasteiger partial charge in [0.05, 0.1) is 0 Å². The van der Waals surface area contributed by atoms with Gasteiger partial charge in [0.1, 0.15) is 0 Å². The Morgan fingerprint density at radius 3 is 1.75 bits per heavy atom. The molecule has 0 amide bonds. The van der Waals surface area contributed by atoms with Crippen molar-refractivity contribution in [2.45, 2.75) is 45.1 Å². The molecule has 0 heterocycles. The third-order valence-electron chi connectivity index (χ3n) is 1.27. The molecular formula is C7H15Si. The van der Waals surface area contributed by atoms with Crippen LogP contribution in [-0.2, 0) is 0 Å². The van der Waals surface area contributed by atoms with Crippen LogP contribution in [0.2, 0.25) is 5.54 Å². The summed E-state index contributed by atoms with van der Waals surface area (Å²) in [6.45, 7) is 4.45. The molecule has 0 nitrogen and oxygen atoms in total. The van der Waals surface area contributed by atoms with Crippen LogP contribution in [0.5, 0.6) is 0 Å². The fraction of sp³-hybridized carbons (Fsp3) is 1.00. The smallest absolute Gasteiger partial charge is 0.0266 e. The van der Waals surface area contributed by atoms with Crippen LogP contribution in [0.25, 0.3) is 0 Å². The lowest BCUT2D eigenvalue weighted by Gasteiger charge is -2.05. The van der Waals surface area contributed by atoms with Gasteiger partial charge < -0.3 is 0 Å². The maximum absolute atomic E-state index is 3.64. The highest BCUT2D eigenvalue weighted by Gasteiger charge is 1.96. The van der Waals surface area contributed by atoms with Crippen molar-refractivity contribution in [1.29, 1.82) is 0 Å². The molecule has 0 aliphatic heterocycles. The first-order valence-electron chi connectivity index (χ1n) is 3.52. The van der Waals surface area contributed by atoms with Gasteiger partial charge in [0.2, 0.25) is 0 Å². The van der Waals surface area contributed by atoms with Gasteiger partial charge in [0.25, 0.3) is 0 Å². The number of hydrogen-bond donors (Lipinski definition) is 0. The molecule has 1 heteroatoms. The zero-order chi connectivity index (χ0) is 6.41. The average molecular weight is 127 g/mol. The normalized spacial score (nSPS) is 10.5. The third-order valence-corrected chi connectivity index (χ3v) is 1.85. The molecule has 0 saturated carbocycles. The Labute approximate surface area is 56.1 Å². The lowest BCUT2D eigenvalue weighted by molar-refractivity contribution is 0.655. The fourth-order valence-corrected chi connectivity index (χ4v) is 1.42. The van der Waals surface area contributed by atoms with Gasteiger partial charge in [-0.3, -0.25) is 0 Å². The molecule has 0 rings (SSSR count). The van der Waals surface area contributed by atoms with Gasteiger partial charge in [-0.15, -0.1) is 0 Å². The molecule has 0 aromatic carbocycles. The summed E-state index contributed by atoms with van der Waals surface area (Å²) in [5.74, 6) is 0. The molecule has 0 atom stereocenters. The molecule has 0 fully saturated rings. The van der Waals surface area contributed by atoms with Gasteiger partial charge in [0.15, 0.2) is 0 Å². The standard InChI is InChI=1S/C7H15Si/c1-3-5-7(8)6-4-2/h7H,3-6H2,1-2H3. The van der Waals surface area contributed by atoms with E-state index in [1.807, 2.05) is 0 Å². The molecule has 0 spiro atoms. The summed E-state index contributed by atoms with van der Waals surface area (Å²) in [6.07, 6.45) is 5.25. The monoisotopic (exact) mass is 127 g/mol. The Bertz CT molecular complexity index is 37.7. The minimum Gasteiger partial charge on any atom is -0.0654 e. The summed E-state index contributed by atoms with van der Waals surface area (Å²) < 4.78 is 0. The maximum atomic E-state index is 3.64. The van der Waals surface area contributed by atoms with Crippen molar-refractivity contribution in [2.24, 2.45) is 0 Å². The highest BCUT2D eigenvalue weighted by atomic mass is 28.1. The van der Waals surface area contributed by atoms with Crippen molar-refractivity contribution in [3.63, 3.8) is 0 Å². The highest BCUT2D eigenvalue weighted by Crippen LogP contribution is 2.14. The van der Waals surface area contributed by atoms with Crippen LogP contribution < -0.4 is 0 Å². The third kappa shape index (κ3) is 4.38. The van der Waals surface area contributed by atoms with Gasteiger partial charge >= 0.3 is 0 Å². The van der Waals surface area contributed by atoms with Gasteiger partial charge in [0, 0.05) is 10.2 Å². The quantitative estimate of drug-likeness (QED) is 0.509. The van der Waals surface area contributed by atoms with E-state index in [4.69, 9.17) is 0 Å². The maximum Gasteiger partial charge on any atom is 0.0266 e. The number of rotatable bonds is 4. The van der Waals surface area contributed by atoms with Gasteiger partial charge in [-0.2, -0.15) is 0 Å². The minimum atomic E-state index is 0.769. The largest absolute Gasteiger partial charge is 0.0654 e. The highest BCUT2D eigenvalue weighted by molar-refractivity contribution is 6.11. The van der Waals surface area contributed by atoms with E-state index >= 15 is 0 Å². The molecule has 0 aromatic heterocycles. The van der Waals surface area contributed by atoms with E-state index in [2.05, 4.69) is 24.1 Å². The van der Waals surface area contributed by atoms with E-state index in [1.54, 1.807) is 0 Å². The van der Waals surface area contributed by atoms with E-state index in [9.17, 15) is 0 Å². The summed E-state index contributed by atoms with van der Waals surface area (Å²) >= 11 is 0. The molecule has 3 radical (unpaired) electrons. The zero-order valence-corrected chi connectivity index (χ0v) is 6.91. The van der Waals surface area contributed by atoms with Crippen molar-refractivity contribution in [3.05, 3.63) is 0 Å². The molecule has 8 heavy (non-hydrogen) atoms. The Morgan fingerprint density at radius 1 is 1.12 bits per heavy atom. The first-order chi connectivity index (χ1) is 3.81. The second-order valence-corrected chi connectivity index (χ2v) is 3.09. The van der Waals surface area contributed by atoms with Crippen molar-refractivity contribution < 1.29 is 0 Å². The summed E-state index contributed by atoms with van der Waals surface area (Å²) in [4.78, 5) is 0. The molecule has 0 aliphatic rings. The van der Waals surface area contributed by atoms with Crippen LogP contribution >= 0.6 is 0 Å². The SMILES string of the molecule is CCCC([Si])CCC. The fourth-order valence-electron chi connectivity index (χ4n) is 0.841. The lowest BCUT2D eigenvalue weighted by atomic mass is 10.1. The second-order valence-electron chi connectivity index (χ2n) is 2.27. The first kappa shape index (κ1) is 8.22. The van der Waals surface area contributed by atoms with E-state index in [-0.39, 0.29) is 0 Å². The van der Waals surface area contributed by atoms with Crippen molar-refractivity contribution in [3.8, 4) is 0 Å². The van der Waals surface area contributed by atoms with Crippen LogP contribution in [0, 0.1) is 0 Å². The average Bonchev–Trinajstić information content (AvgIpc) is 1.68. The molecule has 0 aromatic rings. The molecule has 0 N–H and O–H groups in total. The lowest BCUT2D eigenvalue weighted by Crippen LogP contribution is -1.89. The molecular weight excluding hydrogens is 112 g/mol. The van der Waals surface area contributed by atoms with Crippen LogP contribution in [-0.4, -0.2) is 10.2 Å². The zero-order valence-electron chi connectivity index (χ0n) is 5.91. The van der Waals surface area contributed by atoms with Gasteiger partial charge in [-0.1, -0.05) is 45.1 Å². The van der Waals surface area contributed by atoms with E-state index in [0.29, 0.717) is 0 Å². The van der Waals surface area contributed by atoms with Crippen LogP contribution in [0.3, 0.4) is 0 Å². The summed E-state index contributed by atoms with van der Waals surface area (Å²) in [7, 11) is 3.64. The van der Waals surface area contributed by atoms with E-state index < -0.39 is 0 Å². The summed E-state index contributed by atoms with van der Waals surface area (Å²) in [5.41, 5.74) is 0.769. The Morgan fingerprint density at radius 2 is 1.50 bits per heavy atom. The Hall–Kier alpha value is 0.217. The molecule has 0 unspecified atom stereocenters. The summed E-state index contributed by atoms with van der Waals surface area (Å²) in [6, 6.07) is 0. The van der Waals surface area contributed by atoms with E-state index in [0.717, 1.165) is 5.54 Å². The van der Waals surface area contributed by atoms with Crippen LogP contribution in [0.4, 0.5) is 0 Å². The van der Waals surface area contributed by atoms with Gasteiger partial charge in [-0.25, -0.2) is 0 Å². The van der Waals surface area contributed by atoms with Crippen LogP contribution in [0.15, 0.2) is 0 Å². The number of hydrogen-bond acceptors (Lipinski definition) is 0. The summed E-state index contributed by atoms with van der Waals surface area (Å²) in [5, 5.41) is 0. The predicted molar refractivity (Wildman–Crippen MR) is 39.3 cm³/mol. The Kier molecular flexibility index (Phi) is 5.50. The van der Waals surface area contributed by atoms with Gasteiger partial charge in [-0.05, 0) is 0 Å². The topological polar surface area (TPSA) is 0 Å². The van der Waals surface area contributed by atoms with Crippen molar-refractivity contribution in [2.75, 3.05) is 0 Å². The van der Waals surface area contributed by atoms with Crippen LogP contribution in [0.1, 0.15) is 39.5 Å². The minimum absolute atomic E-state index is 0.769. The molecule has 0 bridgehead atoms. The Balaban J connectivity index is 2.92. The molecule has 0 aliphatic carbocycles. The predicted octanol–water partition coefficient (Wildman–Crippen LogP) is 2.54. The van der Waals surface area contributed by atoms with E-state index in [1.165, 1.54) is 25.7 Å². The first-order valence-corrected chi connectivity index (χ1v) is 4.10. The van der Waals surface area contributed by atoms with Crippen molar-refractivity contribution in [1.82, 2.24) is 0 Å². The molecule has 47 valence electrons. The molecule has 0 saturated heterocycles.